The second-order valence-corrected chi connectivity index (χ2v) is 6.94. The number of nitrogens with one attached hydrogen (secondary N) is 2. The summed E-state index contributed by atoms with van der Waals surface area (Å²) < 4.78 is 5.22. The van der Waals surface area contributed by atoms with E-state index in [1.54, 1.807) is 12.1 Å². The Morgan fingerprint density at radius 1 is 1.15 bits per heavy atom. The number of esters is 1. The van der Waals surface area contributed by atoms with Crippen molar-refractivity contribution in [3.63, 3.8) is 0 Å². The van der Waals surface area contributed by atoms with Crippen molar-refractivity contribution in [2.45, 2.75) is 39.3 Å². The van der Waals surface area contributed by atoms with Crippen LogP contribution < -0.4 is 10.6 Å². The largest absolute Gasteiger partial charge is 0.452 e. The van der Waals surface area contributed by atoms with E-state index in [0.717, 1.165) is 10.4 Å². The molecule has 2 amide bonds. The average molecular weight is 374 g/mol. The monoisotopic (exact) mass is 374 g/mol. The van der Waals surface area contributed by atoms with Gasteiger partial charge in [0.25, 0.3) is 5.91 Å². The fraction of sp³-hybridized carbons (Fsp3) is 0.316. The van der Waals surface area contributed by atoms with E-state index in [4.69, 9.17) is 4.74 Å². The highest BCUT2D eigenvalue weighted by Crippen LogP contribution is 2.22. The molecule has 0 fully saturated rings. The van der Waals surface area contributed by atoms with Crippen LogP contribution in [-0.4, -0.2) is 23.9 Å². The third-order valence-corrected chi connectivity index (χ3v) is 4.62. The van der Waals surface area contributed by atoms with Crippen LogP contribution >= 0.6 is 11.3 Å². The minimum Gasteiger partial charge on any atom is -0.452 e. The Kier molecular flexibility index (Phi) is 6.91. The van der Waals surface area contributed by atoms with Gasteiger partial charge in [0.15, 0.2) is 6.10 Å². The number of thiophene rings is 1. The molecule has 0 bridgehead atoms. The molecule has 2 N–H and O–H groups in total. The van der Waals surface area contributed by atoms with Crippen molar-refractivity contribution in [1.82, 2.24) is 5.32 Å². The zero-order chi connectivity index (χ0) is 19.1. The fourth-order valence-electron chi connectivity index (χ4n) is 2.30. The molecular formula is C19H22N2O4S. The Labute approximate surface area is 156 Å². The second kappa shape index (κ2) is 9.15. The molecule has 6 nitrogen and oxygen atoms in total. The van der Waals surface area contributed by atoms with E-state index in [2.05, 4.69) is 10.6 Å². The molecule has 26 heavy (non-hydrogen) atoms. The summed E-state index contributed by atoms with van der Waals surface area (Å²) in [7, 11) is 0. The molecule has 1 aromatic carbocycles. The number of carbonyl (C=O) groups is 3. The number of rotatable bonds is 7. The van der Waals surface area contributed by atoms with Gasteiger partial charge < -0.3 is 15.4 Å². The number of carbonyl (C=O) groups excluding carboxylic acids is 3. The first-order chi connectivity index (χ1) is 12.3. The molecule has 0 saturated carbocycles. The van der Waals surface area contributed by atoms with Crippen LogP contribution in [0.1, 0.15) is 36.8 Å². The lowest BCUT2D eigenvalue weighted by Gasteiger charge is -2.18. The lowest BCUT2D eigenvalue weighted by Crippen LogP contribution is -2.32. The lowest BCUT2D eigenvalue weighted by molar-refractivity contribution is -0.153. The number of hydrogen-bond donors (Lipinski definition) is 2. The zero-order valence-corrected chi connectivity index (χ0v) is 15.8. The van der Waals surface area contributed by atoms with Crippen LogP contribution in [0.5, 0.6) is 0 Å². The smallest absolute Gasteiger partial charge is 0.309 e. The summed E-state index contributed by atoms with van der Waals surface area (Å²) in [6.45, 7) is 4.86. The van der Waals surface area contributed by atoms with Crippen molar-refractivity contribution in [1.29, 1.82) is 0 Å². The van der Waals surface area contributed by atoms with Gasteiger partial charge in [-0.05, 0) is 37.4 Å². The SMILES string of the molecule is CC(=O)N[C@H](CC(=O)O[C@@H](C)C(=O)Nc1ccc(C)cc1)c1cccs1. The average Bonchev–Trinajstić information content (AvgIpc) is 3.10. The molecule has 0 aliphatic rings. The van der Waals surface area contributed by atoms with Gasteiger partial charge in [-0.25, -0.2) is 0 Å². The first-order valence-corrected chi connectivity index (χ1v) is 9.10. The Bertz CT molecular complexity index is 756. The van der Waals surface area contributed by atoms with Gasteiger partial charge in [-0.15, -0.1) is 11.3 Å². The number of benzene rings is 1. The van der Waals surface area contributed by atoms with Crippen molar-refractivity contribution in [2.75, 3.05) is 5.32 Å². The van der Waals surface area contributed by atoms with Crippen LogP contribution in [0.2, 0.25) is 0 Å². The van der Waals surface area contributed by atoms with Gasteiger partial charge in [-0.1, -0.05) is 23.8 Å². The first kappa shape index (κ1) is 19.7. The van der Waals surface area contributed by atoms with Gasteiger partial charge in [-0.3, -0.25) is 14.4 Å². The molecule has 138 valence electrons. The summed E-state index contributed by atoms with van der Waals surface area (Å²) in [6.07, 6.45) is -0.979. The maximum atomic E-state index is 12.2. The summed E-state index contributed by atoms with van der Waals surface area (Å²) in [6, 6.07) is 10.5. The molecule has 2 aromatic rings. The zero-order valence-electron chi connectivity index (χ0n) is 14.9. The van der Waals surface area contributed by atoms with Gasteiger partial charge in [0.2, 0.25) is 5.91 Å². The molecule has 1 aromatic heterocycles. The predicted octanol–water partition coefficient (Wildman–Crippen LogP) is 3.19. The number of hydrogen-bond acceptors (Lipinski definition) is 5. The molecule has 2 atom stereocenters. The van der Waals surface area contributed by atoms with Crippen molar-refractivity contribution in [2.24, 2.45) is 0 Å². The molecule has 0 spiro atoms. The molecule has 0 unspecified atom stereocenters. The minimum absolute atomic E-state index is 0.0394. The highest BCUT2D eigenvalue weighted by Gasteiger charge is 2.23. The normalized spacial score (nSPS) is 12.7. The van der Waals surface area contributed by atoms with Crippen LogP contribution in [0.3, 0.4) is 0 Å². The van der Waals surface area contributed by atoms with Crippen molar-refractivity contribution in [3.05, 3.63) is 52.2 Å². The van der Waals surface area contributed by atoms with Crippen molar-refractivity contribution < 1.29 is 19.1 Å². The Balaban J connectivity index is 1.91. The van der Waals surface area contributed by atoms with Gasteiger partial charge in [0.05, 0.1) is 12.5 Å². The standard InChI is InChI=1S/C19H22N2O4S/c1-12-6-8-15(9-7-12)21-19(24)13(2)25-18(23)11-16(20-14(3)22)17-5-4-10-26-17/h4-10,13,16H,11H2,1-3H3,(H,20,22)(H,21,24)/t13-,16+/m0/s1. The maximum absolute atomic E-state index is 12.2. The topological polar surface area (TPSA) is 84.5 Å². The molecule has 0 aliphatic carbocycles. The van der Waals surface area contributed by atoms with Gasteiger partial charge in [0.1, 0.15) is 0 Å². The molecule has 0 aliphatic heterocycles. The Hall–Kier alpha value is -2.67. The summed E-state index contributed by atoms with van der Waals surface area (Å²) in [5.41, 5.74) is 1.72. The molecule has 0 saturated heterocycles. The highest BCUT2D eigenvalue weighted by atomic mass is 32.1. The number of amides is 2. The van der Waals surface area contributed by atoms with E-state index in [1.165, 1.54) is 25.2 Å². The molecule has 7 heteroatoms. The van der Waals surface area contributed by atoms with E-state index >= 15 is 0 Å². The Morgan fingerprint density at radius 2 is 1.85 bits per heavy atom. The maximum Gasteiger partial charge on any atom is 0.309 e. The molecule has 1 heterocycles. The van der Waals surface area contributed by atoms with E-state index in [-0.39, 0.29) is 12.3 Å². The molecular weight excluding hydrogens is 352 g/mol. The lowest BCUT2D eigenvalue weighted by atomic mass is 10.1. The van der Waals surface area contributed by atoms with Crippen LogP contribution in [0.15, 0.2) is 41.8 Å². The molecule has 0 radical (unpaired) electrons. The van der Waals surface area contributed by atoms with Gasteiger partial charge >= 0.3 is 5.97 Å². The van der Waals surface area contributed by atoms with Crippen LogP contribution in [0, 0.1) is 6.92 Å². The third-order valence-electron chi connectivity index (χ3n) is 3.63. The minimum atomic E-state index is -0.940. The first-order valence-electron chi connectivity index (χ1n) is 8.22. The van der Waals surface area contributed by atoms with Crippen LogP contribution in [0.4, 0.5) is 5.69 Å². The van der Waals surface area contributed by atoms with Crippen molar-refractivity contribution in [3.8, 4) is 0 Å². The fourth-order valence-corrected chi connectivity index (χ4v) is 3.08. The summed E-state index contributed by atoms with van der Waals surface area (Å²) in [5.74, 6) is -1.19. The predicted molar refractivity (Wildman–Crippen MR) is 101 cm³/mol. The van der Waals surface area contributed by atoms with E-state index in [0.29, 0.717) is 5.69 Å². The summed E-state index contributed by atoms with van der Waals surface area (Å²) >= 11 is 1.44. The van der Waals surface area contributed by atoms with Gasteiger partial charge in [0, 0.05) is 17.5 Å². The van der Waals surface area contributed by atoms with Crippen LogP contribution in [-0.2, 0) is 19.1 Å². The number of anilines is 1. The van der Waals surface area contributed by atoms with Gasteiger partial charge in [-0.2, -0.15) is 0 Å². The quantitative estimate of drug-likeness (QED) is 0.729. The Morgan fingerprint density at radius 3 is 2.42 bits per heavy atom. The highest BCUT2D eigenvalue weighted by molar-refractivity contribution is 7.10. The summed E-state index contributed by atoms with van der Waals surface area (Å²) in [5, 5.41) is 7.30. The number of ether oxygens (including phenoxy) is 1. The third kappa shape index (κ3) is 6.00. The van der Waals surface area contributed by atoms with Crippen LogP contribution in [0.25, 0.3) is 0 Å². The van der Waals surface area contributed by atoms with Crippen molar-refractivity contribution >= 4 is 34.8 Å². The number of aryl methyl sites for hydroxylation is 1. The molecule has 2 rings (SSSR count). The summed E-state index contributed by atoms with van der Waals surface area (Å²) in [4.78, 5) is 36.6. The van der Waals surface area contributed by atoms with E-state index in [1.807, 2.05) is 36.6 Å². The van der Waals surface area contributed by atoms with E-state index < -0.39 is 24.0 Å². The van der Waals surface area contributed by atoms with E-state index in [9.17, 15) is 14.4 Å². The second-order valence-electron chi connectivity index (χ2n) is 5.96.